The van der Waals surface area contributed by atoms with Gasteiger partial charge in [0.1, 0.15) is 0 Å². The summed E-state index contributed by atoms with van der Waals surface area (Å²) >= 11 is 18.0. The molecular weight excluding hydrogens is 469 g/mol. The van der Waals surface area contributed by atoms with Gasteiger partial charge in [-0.2, -0.15) is 0 Å². The second-order valence-electron chi connectivity index (χ2n) is 7.13. The highest BCUT2D eigenvalue weighted by atomic mass is 35.5. The summed E-state index contributed by atoms with van der Waals surface area (Å²) < 4.78 is 26.9. The quantitative estimate of drug-likeness (QED) is 0.441. The van der Waals surface area contributed by atoms with Crippen LogP contribution in [0.5, 0.6) is 0 Å². The number of benzene rings is 2. The van der Waals surface area contributed by atoms with Crippen molar-refractivity contribution in [2.24, 2.45) is 0 Å². The first-order chi connectivity index (χ1) is 14.2. The molecule has 0 N–H and O–H groups in total. The number of rotatable bonds is 3. The van der Waals surface area contributed by atoms with Crippen molar-refractivity contribution >= 4 is 62.0 Å². The lowest BCUT2D eigenvalue weighted by molar-refractivity contribution is -0.125. The molecule has 4 rings (SSSR count). The Kier molecular flexibility index (Phi) is 5.70. The summed E-state index contributed by atoms with van der Waals surface area (Å²) in [4.78, 5) is 27.7. The molecule has 0 saturated carbocycles. The average molecular weight is 485 g/mol. The van der Waals surface area contributed by atoms with Gasteiger partial charge in [-0.15, -0.1) is 0 Å². The molecule has 2 aromatic rings. The second kappa shape index (κ2) is 8.00. The van der Waals surface area contributed by atoms with Crippen LogP contribution in [0.15, 0.2) is 58.6 Å². The topological polar surface area (TPSA) is 71.5 Å². The Bertz CT molecular complexity index is 1190. The minimum absolute atomic E-state index is 0.0344. The molecule has 0 fully saturated rings. The highest BCUT2D eigenvalue weighted by Gasteiger charge is 2.50. The molecule has 0 spiro atoms. The van der Waals surface area contributed by atoms with Gasteiger partial charge in [0.05, 0.1) is 20.0 Å². The fourth-order valence-corrected chi connectivity index (χ4v) is 6.50. The predicted molar refractivity (Wildman–Crippen MR) is 117 cm³/mol. The van der Waals surface area contributed by atoms with Crippen molar-refractivity contribution < 1.29 is 18.0 Å². The summed E-state index contributed by atoms with van der Waals surface area (Å²) in [6.07, 6.45) is 2.52. The molecule has 0 aromatic heterocycles. The molecule has 5 nitrogen and oxygen atoms in total. The number of hydrogen-bond donors (Lipinski definition) is 0. The van der Waals surface area contributed by atoms with Gasteiger partial charge in [0, 0.05) is 17.0 Å². The van der Waals surface area contributed by atoms with E-state index in [1.807, 2.05) is 0 Å². The standard InChI is InChI=1S/C21H16Cl3NO4S/c22-14-10-16(24)18(11-15(14)23)30(28,29)20-19(26)13-8-4-5-9-17(13)25(21(20)27)12-6-2-1-3-7-12/h1-3,6-7,10-11,20H,4-5,8-9H2. The monoisotopic (exact) mass is 483 g/mol. The Morgan fingerprint density at radius 2 is 1.50 bits per heavy atom. The number of anilines is 1. The van der Waals surface area contributed by atoms with Crippen LogP contribution in [-0.2, 0) is 19.4 Å². The number of nitrogens with zero attached hydrogens (tertiary/aromatic N) is 1. The van der Waals surface area contributed by atoms with Crippen molar-refractivity contribution in [3.63, 3.8) is 0 Å². The highest BCUT2D eigenvalue weighted by molar-refractivity contribution is 7.93. The van der Waals surface area contributed by atoms with E-state index in [1.54, 1.807) is 30.3 Å². The van der Waals surface area contributed by atoms with E-state index < -0.39 is 31.7 Å². The van der Waals surface area contributed by atoms with Gasteiger partial charge in [-0.05, 0) is 49.9 Å². The van der Waals surface area contributed by atoms with E-state index in [0.29, 0.717) is 29.8 Å². The predicted octanol–water partition coefficient (Wildman–Crippen LogP) is 5.23. The normalized spacial score (nSPS) is 19.8. The number of hydrogen-bond acceptors (Lipinski definition) is 4. The first-order valence-electron chi connectivity index (χ1n) is 9.27. The lowest BCUT2D eigenvalue weighted by Gasteiger charge is -2.37. The zero-order valence-corrected chi connectivity index (χ0v) is 18.7. The lowest BCUT2D eigenvalue weighted by Crippen LogP contribution is -2.52. The van der Waals surface area contributed by atoms with Crippen LogP contribution in [0.25, 0.3) is 0 Å². The molecule has 1 unspecified atom stereocenters. The molecule has 1 amide bonds. The van der Waals surface area contributed by atoms with E-state index in [2.05, 4.69) is 0 Å². The Morgan fingerprint density at radius 1 is 0.867 bits per heavy atom. The lowest BCUT2D eigenvalue weighted by atomic mass is 9.87. The summed E-state index contributed by atoms with van der Waals surface area (Å²) in [5.41, 5.74) is 1.48. The van der Waals surface area contributed by atoms with Crippen LogP contribution in [0.1, 0.15) is 25.7 Å². The average Bonchev–Trinajstić information content (AvgIpc) is 2.71. The molecule has 0 radical (unpaired) electrons. The Hall–Kier alpha value is -1.86. The van der Waals surface area contributed by atoms with E-state index >= 15 is 0 Å². The highest BCUT2D eigenvalue weighted by Crippen LogP contribution is 2.40. The minimum Gasteiger partial charge on any atom is -0.292 e. The molecule has 30 heavy (non-hydrogen) atoms. The van der Waals surface area contributed by atoms with Gasteiger partial charge >= 0.3 is 0 Å². The number of amides is 1. The molecule has 1 atom stereocenters. The number of para-hydroxylation sites is 1. The fraction of sp³-hybridized carbons (Fsp3) is 0.238. The van der Waals surface area contributed by atoms with Crippen LogP contribution in [0.3, 0.4) is 0 Å². The maximum Gasteiger partial charge on any atom is 0.258 e. The summed E-state index contributed by atoms with van der Waals surface area (Å²) in [6.45, 7) is 0. The molecule has 9 heteroatoms. The van der Waals surface area contributed by atoms with Gasteiger partial charge in [-0.25, -0.2) is 8.42 Å². The number of Topliss-reactive ketones (excluding diaryl/α,β-unsaturated/α-hetero) is 1. The van der Waals surface area contributed by atoms with E-state index in [-0.39, 0.29) is 15.1 Å². The molecule has 0 bridgehead atoms. The second-order valence-corrected chi connectivity index (χ2v) is 10.4. The van der Waals surface area contributed by atoms with Crippen molar-refractivity contribution in [2.45, 2.75) is 35.8 Å². The summed E-state index contributed by atoms with van der Waals surface area (Å²) in [7, 11) is -4.47. The smallest absolute Gasteiger partial charge is 0.258 e. The zero-order valence-electron chi connectivity index (χ0n) is 15.6. The van der Waals surface area contributed by atoms with Crippen molar-refractivity contribution in [1.82, 2.24) is 0 Å². The van der Waals surface area contributed by atoms with Crippen molar-refractivity contribution in [1.29, 1.82) is 0 Å². The van der Waals surface area contributed by atoms with Gasteiger partial charge < -0.3 is 0 Å². The molecular formula is C21H16Cl3NO4S. The summed E-state index contributed by atoms with van der Waals surface area (Å²) in [5, 5.41) is -2.08. The van der Waals surface area contributed by atoms with Crippen LogP contribution < -0.4 is 4.90 Å². The van der Waals surface area contributed by atoms with Gasteiger partial charge in [0.25, 0.3) is 5.91 Å². The van der Waals surface area contributed by atoms with Crippen LogP contribution in [0, 0.1) is 0 Å². The molecule has 2 aromatic carbocycles. The van der Waals surface area contributed by atoms with Crippen molar-refractivity contribution in [2.75, 3.05) is 4.90 Å². The Labute approximate surface area is 189 Å². The molecule has 1 aliphatic heterocycles. The molecule has 1 heterocycles. The Balaban J connectivity index is 1.91. The minimum atomic E-state index is -4.47. The van der Waals surface area contributed by atoms with Crippen LogP contribution in [-0.4, -0.2) is 25.4 Å². The van der Waals surface area contributed by atoms with Crippen molar-refractivity contribution in [3.8, 4) is 0 Å². The van der Waals surface area contributed by atoms with Crippen LogP contribution in [0.2, 0.25) is 15.1 Å². The number of sulfone groups is 1. The van der Waals surface area contributed by atoms with Gasteiger partial charge in [0.2, 0.25) is 5.25 Å². The van der Waals surface area contributed by atoms with Crippen LogP contribution >= 0.6 is 34.8 Å². The fourth-order valence-electron chi connectivity index (χ4n) is 3.91. The maximum atomic E-state index is 13.5. The third kappa shape index (κ3) is 3.46. The first-order valence-corrected chi connectivity index (χ1v) is 11.9. The number of halogens is 3. The van der Waals surface area contributed by atoms with E-state index in [4.69, 9.17) is 34.8 Å². The van der Waals surface area contributed by atoms with E-state index in [1.165, 1.54) is 11.0 Å². The van der Waals surface area contributed by atoms with Gasteiger partial charge in [-0.3, -0.25) is 14.5 Å². The summed E-state index contributed by atoms with van der Waals surface area (Å²) in [5.74, 6) is -1.50. The number of ketones is 1. The number of carbonyl (C=O) groups excluding carboxylic acids is 2. The third-order valence-electron chi connectivity index (χ3n) is 5.29. The van der Waals surface area contributed by atoms with Gasteiger partial charge in [-0.1, -0.05) is 53.0 Å². The van der Waals surface area contributed by atoms with E-state index in [0.717, 1.165) is 18.9 Å². The number of allylic oxidation sites excluding steroid dienone is 2. The SMILES string of the molecule is O=C1C2=C(CCCC2)N(c2ccccc2)C(=O)C1S(=O)(=O)c1cc(Cl)c(Cl)cc1Cl. The third-order valence-corrected chi connectivity index (χ3v) is 8.43. The Morgan fingerprint density at radius 3 is 2.20 bits per heavy atom. The molecule has 1 aliphatic carbocycles. The summed E-state index contributed by atoms with van der Waals surface area (Å²) in [6, 6.07) is 11.0. The zero-order chi connectivity index (χ0) is 21.6. The molecule has 156 valence electrons. The van der Waals surface area contributed by atoms with Crippen molar-refractivity contribution in [3.05, 3.63) is 68.8 Å². The maximum absolute atomic E-state index is 13.5. The van der Waals surface area contributed by atoms with Gasteiger partial charge in [0.15, 0.2) is 15.6 Å². The molecule has 0 saturated heterocycles. The first kappa shape index (κ1) is 21.4. The number of carbonyl (C=O) groups is 2. The van der Waals surface area contributed by atoms with E-state index in [9.17, 15) is 18.0 Å². The largest absolute Gasteiger partial charge is 0.292 e. The molecule has 2 aliphatic rings. The van der Waals surface area contributed by atoms with Crippen LogP contribution in [0.4, 0.5) is 5.69 Å².